The van der Waals surface area contributed by atoms with E-state index in [9.17, 15) is 9.59 Å². The molecule has 0 radical (unpaired) electrons. The van der Waals surface area contributed by atoms with Crippen LogP contribution in [0.3, 0.4) is 0 Å². The van der Waals surface area contributed by atoms with Gasteiger partial charge in [0.15, 0.2) is 5.58 Å². The second kappa shape index (κ2) is 7.29. The molecule has 2 heterocycles. The van der Waals surface area contributed by atoms with Crippen LogP contribution in [-0.2, 0) is 11.2 Å². The van der Waals surface area contributed by atoms with Gasteiger partial charge in [-0.2, -0.15) is 0 Å². The van der Waals surface area contributed by atoms with Crippen molar-refractivity contribution in [2.45, 2.75) is 12.3 Å². The molecule has 4 aromatic rings. The first-order valence-electron chi connectivity index (χ1n) is 8.57. The number of benzene rings is 2. The summed E-state index contributed by atoms with van der Waals surface area (Å²) in [5, 5.41) is 2.92. The lowest BCUT2D eigenvalue weighted by atomic mass is 9.93. The average molecular weight is 359 g/mol. The quantitative estimate of drug-likeness (QED) is 0.571. The van der Waals surface area contributed by atoms with Crippen LogP contribution < -0.4 is 11.1 Å². The molecule has 0 fully saturated rings. The summed E-state index contributed by atoms with van der Waals surface area (Å²) in [5.41, 5.74) is 3.31. The summed E-state index contributed by atoms with van der Waals surface area (Å²) in [6, 6.07) is 20.3. The highest BCUT2D eigenvalue weighted by molar-refractivity contribution is 5.97. The Balaban J connectivity index is 1.61. The van der Waals surface area contributed by atoms with Crippen molar-refractivity contribution in [3.05, 3.63) is 94.7 Å². The monoisotopic (exact) mass is 359 g/mol. The van der Waals surface area contributed by atoms with E-state index < -0.39 is 11.7 Å². The van der Waals surface area contributed by atoms with Crippen molar-refractivity contribution in [2.24, 2.45) is 0 Å². The fourth-order valence-electron chi connectivity index (χ4n) is 3.03. The molecule has 0 spiro atoms. The maximum Gasteiger partial charge on any atom is 0.417 e. The van der Waals surface area contributed by atoms with E-state index in [1.165, 1.54) is 0 Å². The number of oxazole rings is 1. The minimum absolute atomic E-state index is 0.149. The Bertz CT molecular complexity index is 1120. The number of fused-ring (bicyclic) bond motifs is 1. The second-order valence-electron chi connectivity index (χ2n) is 6.20. The number of nitrogens with zero attached hydrogens (tertiary/aromatic N) is 1. The third-order valence-corrected chi connectivity index (χ3v) is 4.35. The van der Waals surface area contributed by atoms with Gasteiger partial charge in [-0.15, -0.1) is 0 Å². The molecular formula is C21H17N3O3. The molecule has 0 aliphatic rings. The van der Waals surface area contributed by atoms with Crippen molar-refractivity contribution in [1.82, 2.24) is 9.97 Å². The summed E-state index contributed by atoms with van der Waals surface area (Å²) in [6.07, 6.45) is 2.20. The highest BCUT2D eigenvalue weighted by Crippen LogP contribution is 2.23. The van der Waals surface area contributed by atoms with Crippen LogP contribution >= 0.6 is 0 Å². The molecule has 1 atom stereocenters. The van der Waals surface area contributed by atoms with E-state index in [1.807, 2.05) is 48.5 Å². The topological polar surface area (TPSA) is 88.0 Å². The second-order valence-corrected chi connectivity index (χ2v) is 6.20. The Hall–Kier alpha value is -3.67. The third kappa shape index (κ3) is 3.79. The number of amides is 1. The molecule has 1 amide bonds. The fraction of sp³-hybridized carbons (Fsp3) is 0.0952. The molecule has 2 N–H and O–H groups in total. The van der Waals surface area contributed by atoms with E-state index in [1.54, 1.807) is 24.4 Å². The van der Waals surface area contributed by atoms with Gasteiger partial charge in [-0.25, -0.2) is 4.79 Å². The number of rotatable bonds is 5. The molecule has 0 bridgehead atoms. The van der Waals surface area contributed by atoms with Gasteiger partial charge in [0.25, 0.3) is 0 Å². The zero-order chi connectivity index (χ0) is 18.6. The van der Waals surface area contributed by atoms with Crippen molar-refractivity contribution in [3.63, 3.8) is 0 Å². The van der Waals surface area contributed by atoms with Crippen LogP contribution in [0.25, 0.3) is 11.1 Å². The van der Waals surface area contributed by atoms with Crippen LogP contribution in [0.15, 0.2) is 82.1 Å². The first kappa shape index (κ1) is 16.8. The highest BCUT2D eigenvalue weighted by Gasteiger charge is 2.22. The first-order valence-corrected chi connectivity index (χ1v) is 8.57. The fourth-order valence-corrected chi connectivity index (χ4v) is 3.03. The molecule has 0 aliphatic heterocycles. The normalized spacial score (nSPS) is 12.0. The first-order chi connectivity index (χ1) is 13.2. The molecule has 6 heteroatoms. The van der Waals surface area contributed by atoms with E-state index in [0.29, 0.717) is 23.2 Å². The number of aromatic nitrogens is 2. The number of carbonyl (C=O) groups excluding carboxylic acids is 1. The largest absolute Gasteiger partial charge is 0.417 e. The van der Waals surface area contributed by atoms with Crippen LogP contribution in [-0.4, -0.2) is 15.9 Å². The minimum atomic E-state index is -0.522. The highest BCUT2D eigenvalue weighted by atomic mass is 16.4. The molecule has 27 heavy (non-hydrogen) atoms. The van der Waals surface area contributed by atoms with Crippen molar-refractivity contribution in [3.8, 4) is 0 Å². The van der Waals surface area contributed by atoms with Crippen LogP contribution in [0.5, 0.6) is 0 Å². The molecule has 1 unspecified atom stereocenters. The Morgan fingerprint density at radius 3 is 2.67 bits per heavy atom. The molecule has 0 saturated heterocycles. The van der Waals surface area contributed by atoms with Crippen molar-refractivity contribution >= 4 is 22.7 Å². The van der Waals surface area contributed by atoms with Gasteiger partial charge in [0.05, 0.1) is 11.4 Å². The summed E-state index contributed by atoms with van der Waals surface area (Å²) >= 11 is 0. The van der Waals surface area contributed by atoms with E-state index in [-0.39, 0.29) is 5.91 Å². The number of nitrogens with one attached hydrogen (secondary N) is 2. The molecule has 4 rings (SSSR count). The van der Waals surface area contributed by atoms with Crippen LogP contribution in [0, 0.1) is 0 Å². The Labute approximate surface area is 154 Å². The zero-order valence-electron chi connectivity index (χ0n) is 14.4. The van der Waals surface area contributed by atoms with Gasteiger partial charge >= 0.3 is 5.76 Å². The summed E-state index contributed by atoms with van der Waals surface area (Å²) in [4.78, 5) is 31.2. The van der Waals surface area contributed by atoms with Gasteiger partial charge in [-0.05, 0) is 29.8 Å². The number of anilines is 1. The molecule has 0 saturated carbocycles. The number of hydrogen-bond acceptors (Lipinski definition) is 4. The van der Waals surface area contributed by atoms with Crippen molar-refractivity contribution < 1.29 is 9.21 Å². The lowest BCUT2D eigenvalue weighted by Crippen LogP contribution is -2.23. The van der Waals surface area contributed by atoms with Gasteiger partial charge in [0.2, 0.25) is 5.91 Å². The number of hydrogen-bond donors (Lipinski definition) is 2. The SMILES string of the molecule is O=C(Nc1ccc2[nH]c(=O)oc2c1)C(Cc1ccccn1)c1ccccc1. The van der Waals surface area contributed by atoms with Gasteiger partial charge in [0, 0.05) is 30.1 Å². The number of aromatic amines is 1. The van der Waals surface area contributed by atoms with E-state index in [4.69, 9.17) is 4.42 Å². The average Bonchev–Trinajstić information content (AvgIpc) is 3.07. The standard InChI is InChI=1S/C21H17N3O3/c25-20(23-16-9-10-18-19(13-16)27-21(26)24-18)17(14-6-2-1-3-7-14)12-15-8-4-5-11-22-15/h1-11,13,17H,12H2,(H,23,25)(H,24,26). The number of H-pyrrole nitrogens is 1. The smallest absolute Gasteiger partial charge is 0.408 e. The van der Waals surface area contributed by atoms with E-state index in [2.05, 4.69) is 15.3 Å². The van der Waals surface area contributed by atoms with Gasteiger partial charge in [-0.3, -0.25) is 14.8 Å². The molecule has 134 valence electrons. The third-order valence-electron chi connectivity index (χ3n) is 4.35. The van der Waals surface area contributed by atoms with E-state index >= 15 is 0 Å². The molecular weight excluding hydrogens is 342 g/mol. The molecule has 0 aliphatic carbocycles. The predicted molar refractivity (Wildman–Crippen MR) is 103 cm³/mol. The Morgan fingerprint density at radius 2 is 1.89 bits per heavy atom. The minimum Gasteiger partial charge on any atom is -0.408 e. The van der Waals surface area contributed by atoms with Crippen LogP contribution in [0.4, 0.5) is 5.69 Å². The van der Waals surface area contributed by atoms with Crippen LogP contribution in [0.2, 0.25) is 0 Å². The van der Waals surface area contributed by atoms with Crippen molar-refractivity contribution in [2.75, 3.05) is 5.32 Å². The summed E-state index contributed by atoms with van der Waals surface area (Å²) < 4.78 is 5.06. The molecule has 2 aromatic carbocycles. The molecule has 2 aromatic heterocycles. The van der Waals surface area contributed by atoms with Gasteiger partial charge < -0.3 is 9.73 Å². The number of carbonyl (C=O) groups is 1. The lowest BCUT2D eigenvalue weighted by Gasteiger charge is -2.17. The van der Waals surface area contributed by atoms with Gasteiger partial charge in [-0.1, -0.05) is 36.4 Å². The maximum atomic E-state index is 13.0. The summed E-state index contributed by atoms with van der Waals surface area (Å²) in [5.74, 6) is -1.06. The van der Waals surface area contributed by atoms with Gasteiger partial charge in [0.1, 0.15) is 0 Å². The number of pyridine rings is 1. The zero-order valence-corrected chi connectivity index (χ0v) is 14.4. The summed E-state index contributed by atoms with van der Waals surface area (Å²) in [7, 11) is 0. The predicted octanol–water partition coefficient (Wildman–Crippen LogP) is 3.48. The Morgan fingerprint density at radius 1 is 1.07 bits per heavy atom. The van der Waals surface area contributed by atoms with Crippen LogP contribution in [0.1, 0.15) is 17.2 Å². The van der Waals surface area contributed by atoms with Crippen molar-refractivity contribution in [1.29, 1.82) is 0 Å². The Kier molecular flexibility index (Phi) is 4.53. The summed E-state index contributed by atoms with van der Waals surface area (Å²) in [6.45, 7) is 0. The van der Waals surface area contributed by atoms with E-state index in [0.717, 1.165) is 11.3 Å². The maximum absolute atomic E-state index is 13.0. The lowest BCUT2D eigenvalue weighted by molar-refractivity contribution is -0.117. The molecule has 6 nitrogen and oxygen atoms in total.